The Kier molecular flexibility index (Phi) is 9.91. The molecular weight excluding hydrogens is 572 g/mol. The van der Waals surface area contributed by atoms with Gasteiger partial charge in [0.2, 0.25) is 0 Å². The fourth-order valence-electron chi connectivity index (χ4n) is 5.08. The fraction of sp³-hybridized carbons (Fsp3) is 0.278. The Hall–Kier alpha value is -5.18. The molecule has 1 heterocycles. The van der Waals surface area contributed by atoms with Crippen molar-refractivity contribution < 1.29 is 33.3 Å². The summed E-state index contributed by atoms with van der Waals surface area (Å²) in [5.74, 6) is -0.344. The van der Waals surface area contributed by atoms with E-state index in [9.17, 15) is 14.4 Å². The molecule has 1 aromatic heterocycles. The third-order valence-electron chi connectivity index (χ3n) is 7.19. The number of pyridine rings is 1. The van der Waals surface area contributed by atoms with Crippen molar-refractivity contribution in [2.75, 3.05) is 26.2 Å². The Morgan fingerprint density at radius 2 is 1.29 bits per heavy atom. The van der Waals surface area contributed by atoms with Crippen LogP contribution < -0.4 is 9.64 Å². The minimum absolute atomic E-state index is 0.0532. The second-order valence-corrected chi connectivity index (χ2v) is 11.5. The first-order valence-electron chi connectivity index (χ1n) is 14.4. The van der Waals surface area contributed by atoms with Gasteiger partial charge in [0.15, 0.2) is 0 Å². The van der Waals surface area contributed by atoms with Gasteiger partial charge in [-0.15, -0.1) is 0 Å². The number of rotatable bonds is 8. The molecular formula is C36H38N2O7. The van der Waals surface area contributed by atoms with E-state index in [4.69, 9.17) is 18.9 Å². The van der Waals surface area contributed by atoms with E-state index < -0.39 is 23.6 Å². The number of anilines is 1. The van der Waals surface area contributed by atoms with E-state index in [1.54, 1.807) is 82.6 Å². The SMILES string of the molecule is COC(=O)c1ccccc1-c1cc(-c2ccccc2C(=O)OC)cc(N(Cc2ncc(C)c(OC)c2C)C(=O)OC(C)(C)C)c1. The standard InChI is InChI=1S/C36H38N2O7/c1-22-20-37-31(23(2)32(22)42-6)21-38(35(41)45-36(3,4)5)26-18-24(27-13-9-11-15-29(27)33(39)43-7)17-25(19-26)28-14-10-12-16-30(28)34(40)44-8/h9-20H,21H2,1-8H3. The lowest BCUT2D eigenvalue weighted by atomic mass is 9.93. The molecule has 0 radical (unpaired) electrons. The number of aryl methyl sites for hydroxylation is 1. The number of hydrogen-bond donors (Lipinski definition) is 0. The van der Waals surface area contributed by atoms with Crippen molar-refractivity contribution in [1.82, 2.24) is 4.98 Å². The van der Waals surface area contributed by atoms with Crippen LogP contribution in [0.4, 0.5) is 10.5 Å². The highest BCUT2D eigenvalue weighted by atomic mass is 16.6. The summed E-state index contributed by atoms with van der Waals surface area (Å²) >= 11 is 0. The minimum atomic E-state index is -0.793. The number of carbonyl (C=O) groups is 3. The van der Waals surface area contributed by atoms with Crippen molar-refractivity contribution in [3.8, 4) is 28.0 Å². The smallest absolute Gasteiger partial charge is 0.415 e. The lowest BCUT2D eigenvalue weighted by molar-refractivity contribution is 0.0571. The molecule has 0 aliphatic rings. The molecule has 0 fully saturated rings. The first-order valence-corrected chi connectivity index (χ1v) is 14.4. The monoisotopic (exact) mass is 610 g/mol. The molecule has 0 spiro atoms. The van der Waals surface area contributed by atoms with Gasteiger partial charge in [0.25, 0.3) is 0 Å². The molecule has 0 N–H and O–H groups in total. The summed E-state index contributed by atoms with van der Waals surface area (Å²) in [4.78, 5) is 45.7. The van der Waals surface area contributed by atoms with E-state index in [1.807, 2.05) is 32.0 Å². The van der Waals surface area contributed by atoms with Crippen LogP contribution in [-0.4, -0.2) is 49.9 Å². The third-order valence-corrected chi connectivity index (χ3v) is 7.19. The van der Waals surface area contributed by atoms with Crippen LogP contribution >= 0.6 is 0 Å². The lowest BCUT2D eigenvalue weighted by Gasteiger charge is -2.29. The minimum Gasteiger partial charge on any atom is -0.496 e. The predicted octanol–water partition coefficient (Wildman–Crippen LogP) is 7.56. The molecule has 0 saturated heterocycles. The average molecular weight is 611 g/mol. The Morgan fingerprint density at radius 1 is 0.778 bits per heavy atom. The molecule has 1 amide bonds. The largest absolute Gasteiger partial charge is 0.496 e. The van der Waals surface area contributed by atoms with Crippen molar-refractivity contribution in [2.45, 2.75) is 46.8 Å². The summed E-state index contributed by atoms with van der Waals surface area (Å²) in [7, 11) is 4.24. The number of benzene rings is 3. The van der Waals surface area contributed by atoms with Crippen LogP contribution in [0.5, 0.6) is 5.75 Å². The molecule has 9 heteroatoms. The maximum absolute atomic E-state index is 13.9. The van der Waals surface area contributed by atoms with Crippen molar-refractivity contribution in [3.05, 3.63) is 101 Å². The van der Waals surface area contributed by atoms with E-state index in [1.165, 1.54) is 19.1 Å². The van der Waals surface area contributed by atoms with Gasteiger partial charge in [-0.05, 0) is 87.2 Å². The predicted molar refractivity (Wildman–Crippen MR) is 173 cm³/mol. The first-order chi connectivity index (χ1) is 21.4. The summed E-state index contributed by atoms with van der Waals surface area (Å²) in [5.41, 5.74) is 5.00. The van der Waals surface area contributed by atoms with Crippen LogP contribution in [0, 0.1) is 13.8 Å². The van der Waals surface area contributed by atoms with Gasteiger partial charge in [-0.1, -0.05) is 36.4 Å². The molecule has 45 heavy (non-hydrogen) atoms. The van der Waals surface area contributed by atoms with E-state index in [-0.39, 0.29) is 6.54 Å². The molecule has 0 saturated carbocycles. The van der Waals surface area contributed by atoms with Crippen LogP contribution in [0.2, 0.25) is 0 Å². The fourth-order valence-corrected chi connectivity index (χ4v) is 5.08. The third kappa shape index (κ3) is 7.32. The second kappa shape index (κ2) is 13.6. The van der Waals surface area contributed by atoms with E-state index in [2.05, 4.69) is 4.98 Å². The number of ether oxygens (including phenoxy) is 4. The van der Waals surface area contributed by atoms with Gasteiger partial charge in [-0.25, -0.2) is 14.4 Å². The number of amides is 1. The van der Waals surface area contributed by atoms with Gasteiger partial charge < -0.3 is 18.9 Å². The summed E-state index contributed by atoms with van der Waals surface area (Å²) in [6, 6.07) is 19.5. The maximum Gasteiger partial charge on any atom is 0.415 e. The molecule has 0 aliphatic carbocycles. The molecule has 234 valence electrons. The zero-order chi connectivity index (χ0) is 32.9. The van der Waals surface area contributed by atoms with Crippen LogP contribution in [-0.2, 0) is 20.8 Å². The number of hydrogen-bond acceptors (Lipinski definition) is 8. The molecule has 4 rings (SSSR count). The highest BCUT2D eigenvalue weighted by Crippen LogP contribution is 2.37. The summed E-state index contributed by atoms with van der Waals surface area (Å²) in [5, 5.41) is 0. The van der Waals surface area contributed by atoms with Crippen molar-refractivity contribution in [3.63, 3.8) is 0 Å². The maximum atomic E-state index is 13.9. The summed E-state index contributed by atoms with van der Waals surface area (Å²) < 4.78 is 21.6. The highest BCUT2D eigenvalue weighted by Gasteiger charge is 2.27. The van der Waals surface area contributed by atoms with Gasteiger partial charge >= 0.3 is 18.0 Å². The highest BCUT2D eigenvalue weighted by molar-refractivity contribution is 6.01. The normalized spacial score (nSPS) is 11.0. The number of nitrogens with zero attached hydrogens (tertiary/aromatic N) is 2. The lowest BCUT2D eigenvalue weighted by Crippen LogP contribution is -2.37. The van der Waals surface area contributed by atoms with Crippen LogP contribution in [0.25, 0.3) is 22.3 Å². The second-order valence-electron chi connectivity index (χ2n) is 11.5. The molecule has 9 nitrogen and oxygen atoms in total. The first kappa shape index (κ1) is 32.7. The number of esters is 2. The number of aromatic nitrogens is 1. The van der Waals surface area contributed by atoms with Gasteiger partial charge in [0.1, 0.15) is 11.4 Å². The Labute approximate surface area is 263 Å². The quantitative estimate of drug-likeness (QED) is 0.149. The molecule has 0 unspecified atom stereocenters. The number of methoxy groups -OCH3 is 3. The molecule has 3 aromatic carbocycles. The van der Waals surface area contributed by atoms with Crippen LogP contribution in [0.15, 0.2) is 72.9 Å². The zero-order valence-corrected chi connectivity index (χ0v) is 26.9. The molecule has 0 bridgehead atoms. The molecule has 0 atom stereocenters. The van der Waals surface area contributed by atoms with Crippen LogP contribution in [0.3, 0.4) is 0 Å². The zero-order valence-electron chi connectivity index (χ0n) is 26.9. The Balaban J connectivity index is 2.02. The van der Waals surface area contributed by atoms with Gasteiger partial charge in [-0.3, -0.25) is 9.88 Å². The average Bonchev–Trinajstić information content (AvgIpc) is 3.02. The van der Waals surface area contributed by atoms with Crippen molar-refractivity contribution in [1.29, 1.82) is 0 Å². The van der Waals surface area contributed by atoms with Crippen molar-refractivity contribution in [2.24, 2.45) is 0 Å². The number of carbonyl (C=O) groups excluding carboxylic acids is 3. The Morgan fingerprint density at radius 3 is 1.76 bits per heavy atom. The Bertz CT molecular complexity index is 1660. The van der Waals surface area contributed by atoms with Gasteiger partial charge in [0.05, 0.1) is 44.7 Å². The van der Waals surface area contributed by atoms with E-state index in [0.29, 0.717) is 50.5 Å². The van der Waals surface area contributed by atoms with Crippen molar-refractivity contribution >= 4 is 23.7 Å². The van der Waals surface area contributed by atoms with Crippen LogP contribution in [0.1, 0.15) is 58.3 Å². The van der Waals surface area contributed by atoms with Gasteiger partial charge in [-0.2, -0.15) is 0 Å². The van der Waals surface area contributed by atoms with E-state index >= 15 is 0 Å². The topological polar surface area (TPSA) is 104 Å². The molecule has 0 aliphatic heterocycles. The van der Waals surface area contributed by atoms with Gasteiger partial charge in [0, 0.05) is 23.0 Å². The van der Waals surface area contributed by atoms with E-state index in [0.717, 1.165) is 11.1 Å². The summed E-state index contributed by atoms with van der Waals surface area (Å²) in [6.07, 6.45) is 1.10. The molecule has 4 aromatic rings. The summed E-state index contributed by atoms with van der Waals surface area (Å²) in [6.45, 7) is 9.23.